The first kappa shape index (κ1) is 17.9. The summed E-state index contributed by atoms with van der Waals surface area (Å²) < 4.78 is 5.38. The molecule has 0 saturated carbocycles. The highest BCUT2D eigenvalue weighted by molar-refractivity contribution is 6.00. The van der Waals surface area contributed by atoms with Crippen LogP contribution in [0, 0.1) is 10.1 Å². The van der Waals surface area contributed by atoms with Gasteiger partial charge < -0.3 is 15.4 Å². The van der Waals surface area contributed by atoms with Crippen molar-refractivity contribution in [3.63, 3.8) is 0 Å². The Bertz CT molecular complexity index is 1030. The Balaban J connectivity index is 1.52. The second-order valence-corrected chi connectivity index (χ2v) is 6.50. The van der Waals surface area contributed by atoms with Gasteiger partial charge in [0.05, 0.1) is 10.3 Å². The van der Waals surface area contributed by atoms with Crippen molar-refractivity contribution in [3.8, 4) is 0 Å². The van der Waals surface area contributed by atoms with Gasteiger partial charge in [0.15, 0.2) is 0 Å². The number of nitrogens with zero attached hydrogens (tertiary/aromatic N) is 2. The van der Waals surface area contributed by atoms with E-state index < -0.39 is 4.92 Å². The normalized spacial score (nSPS) is 16.1. The highest BCUT2D eigenvalue weighted by Gasteiger charge is 2.23. The van der Waals surface area contributed by atoms with Crippen molar-refractivity contribution in [2.24, 2.45) is 0 Å². The average molecular weight is 378 g/mol. The Labute approximate surface area is 160 Å². The molecule has 28 heavy (non-hydrogen) atoms. The van der Waals surface area contributed by atoms with Crippen LogP contribution in [0.2, 0.25) is 0 Å². The van der Waals surface area contributed by atoms with Gasteiger partial charge in [-0.15, -0.1) is 0 Å². The number of nitro benzene ring substituents is 1. The summed E-state index contributed by atoms with van der Waals surface area (Å²) in [4.78, 5) is 26.9. The minimum absolute atomic E-state index is 0.0147. The first-order chi connectivity index (χ1) is 13.6. The number of hydrogen-bond donors (Lipinski definition) is 2. The number of amides is 1. The number of fused-ring (bicyclic) bond motifs is 1. The van der Waals surface area contributed by atoms with Crippen LogP contribution in [0.4, 0.5) is 22.7 Å². The molecule has 1 unspecified atom stereocenters. The predicted molar refractivity (Wildman–Crippen MR) is 106 cm³/mol. The van der Waals surface area contributed by atoms with Gasteiger partial charge in [0, 0.05) is 47.5 Å². The van der Waals surface area contributed by atoms with Crippen LogP contribution in [0.1, 0.15) is 12.8 Å². The summed E-state index contributed by atoms with van der Waals surface area (Å²) in [5.74, 6) is -0.132. The molecule has 1 aliphatic rings. The number of rotatable bonds is 5. The molecule has 0 spiro atoms. The molecule has 3 aromatic rings. The van der Waals surface area contributed by atoms with E-state index in [1.54, 1.807) is 30.5 Å². The largest absolute Gasteiger partial charge is 0.368 e. The van der Waals surface area contributed by atoms with E-state index in [4.69, 9.17) is 4.74 Å². The Morgan fingerprint density at radius 1 is 1.11 bits per heavy atom. The van der Waals surface area contributed by atoms with E-state index in [0.29, 0.717) is 23.1 Å². The SMILES string of the molecule is O=C(Nc1ccc(Nc2ccc([N+](=O)[O-])c3cnccc23)cc1)C1CCCO1. The van der Waals surface area contributed by atoms with Gasteiger partial charge in [-0.05, 0) is 49.2 Å². The lowest BCUT2D eigenvalue weighted by Crippen LogP contribution is -2.26. The summed E-state index contributed by atoms with van der Waals surface area (Å²) in [7, 11) is 0. The van der Waals surface area contributed by atoms with Crippen molar-refractivity contribution in [2.75, 3.05) is 17.2 Å². The van der Waals surface area contributed by atoms with Crippen LogP contribution < -0.4 is 10.6 Å². The number of carbonyl (C=O) groups excluding carboxylic acids is 1. The zero-order valence-electron chi connectivity index (χ0n) is 14.9. The number of benzene rings is 2. The Kier molecular flexibility index (Phi) is 4.86. The van der Waals surface area contributed by atoms with Crippen LogP contribution in [0.3, 0.4) is 0 Å². The average Bonchev–Trinajstić information content (AvgIpc) is 3.24. The van der Waals surface area contributed by atoms with Crippen LogP contribution in [0.15, 0.2) is 54.9 Å². The molecule has 2 heterocycles. The number of nitro groups is 1. The highest BCUT2D eigenvalue weighted by Crippen LogP contribution is 2.32. The van der Waals surface area contributed by atoms with Gasteiger partial charge in [-0.1, -0.05) is 0 Å². The number of carbonyl (C=O) groups is 1. The molecule has 8 heteroatoms. The van der Waals surface area contributed by atoms with E-state index in [0.717, 1.165) is 24.2 Å². The molecule has 1 saturated heterocycles. The van der Waals surface area contributed by atoms with Crippen LogP contribution >= 0.6 is 0 Å². The molecule has 1 atom stereocenters. The Morgan fingerprint density at radius 2 is 1.89 bits per heavy atom. The molecule has 2 N–H and O–H groups in total. The minimum atomic E-state index is -0.417. The van der Waals surface area contributed by atoms with Crippen molar-refractivity contribution in [1.82, 2.24) is 4.98 Å². The highest BCUT2D eigenvalue weighted by atomic mass is 16.6. The number of nitrogens with one attached hydrogen (secondary N) is 2. The lowest BCUT2D eigenvalue weighted by molar-refractivity contribution is -0.383. The maximum atomic E-state index is 12.1. The number of hydrogen-bond acceptors (Lipinski definition) is 6. The van der Waals surface area contributed by atoms with Crippen molar-refractivity contribution in [3.05, 3.63) is 65.0 Å². The van der Waals surface area contributed by atoms with Crippen LogP contribution in [-0.4, -0.2) is 28.5 Å². The summed E-state index contributed by atoms with van der Waals surface area (Å²) in [6.07, 6.45) is 4.36. The van der Waals surface area contributed by atoms with Crippen LogP contribution in [0.25, 0.3) is 10.8 Å². The number of aromatic nitrogens is 1. The molecule has 4 rings (SSSR count). The number of ether oxygens (including phenoxy) is 1. The van der Waals surface area contributed by atoms with E-state index in [2.05, 4.69) is 15.6 Å². The molecular weight excluding hydrogens is 360 g/mol. The second kappa shape index (κ2) is 7.61. The van der Waals surface area contributed by atoms with Gasteiger partial charge in [0.2, 0.25) is 0 Å². The van der Waals surface area contributed by atoms with Gasteiger partial charge in [-0.25, -0.2) is 0 Å². The lowest BCUT2D eigenvalue weighted by atomic mass is 10.1. The van der Waals surface area contributed by atoms with Gasteiger partial charge in [-0.2, -0.15) is 0 Å². The summed E-state index contributed by atoms with van der Waals surface area (Å²) in [6, 6.07) is 12.1. The fourth-order valence-corrected chi connectivity index (χ4v) is 3.24. The number of non-ortho nitro benzene ring substituents is 1. The third kappa shape index (κ3) is 3.63. The molecule has 0 radical (unpaired) electrons. The van der Waals surface area contributed by atoms with Crippen LogP contribution in [0.5, 0.6) is 0 Å². The molecule has 1 fully saturated rings. The van der Waals surface area contributed by atoms with E-state index in [9.17, 15) is 14.9 Å². The molecule has 1 amide bonds. The zero-order chi connectivity index (χ0) is 19.5. The summed E-state index contributed by atoms with van der Waals surface area (Å²) in [5, 5.41) is 18.5. The molecule has 0 bridgehead atoms. The standard InChI is InChI=1S/C20H18N4O4/c25-20(19-2-1-11-28-19)23-14-5-3-13(4-6-14)22-17-7-8-18(24(26)27)16-12-21-10-9-15(16)17/h3-10,12,19,22H,1-2,11H2,(H,23,25). The molecule has 0 aliphatic carbocycles. The fraction of sp³-hybridized carbons (Fsp3) is 0.200. The van der Waals surface area contributed by atoms with Gasteiger partial charge >= 0.3 is 0 Å². The minimum Gasteiger partial charge on any atom is -0.368 e. The number of anilines is 3. The lowest BCUT2D eigenvalue weighted by Gasteiger charge is -2.12. The first-order valence-corrected chi connectivity index (χ1v) is 8.92. The second-order valence-electron chi connectivity index (χ2n) is 6.50. The molecule has 1 aromatic heterocycles. The topological polar surface area (TPSA) is 106 Å². The maximum absolute atomic E-state index is 12.1. The molecule has 1 aliphatic heterocycles. The predicted octanol–water partition coefficient (Wildman–Crippen LogP) is 4.00. The van der Waals surface area contributed by atoms with Crippen molar-refractivity contribution in [1.29, 1.82) is 0 Å². The quantitative estimate of drug-likeness (QED) is 0.513. The van der Waals surface area contributed by atoms with Gasteiger partial charge in [0.1, 0.15) is 6.10 Å². The third-order valence-corrected chi connectivity index (χ3v) is 4.65. The zero-order valence-corrected chi connectivity index (χ0v) is 14.9. The molecule has 142 valence electrons. The maximum Gasteiger partial charge on any atom is 0.278 e. The van der Waals surface area contributed by atoms with E-state index in [1.807, 2.05) is 12.1 Å². The van der Waals surface area contributed by atoms with E-state index >= 15 is 0 Å². The third-order valence-electron chi connectivity index (χ3n) is 4.65. The van der Waals surface area contributed by atoms with Crippen molar-refractivity contribution < 1.29 is 14.5 Å². The first-order valence-electron chi connectivity index (χ1n) is 8.92. The monoisotopic (exact) mass is 378 g/mol. The smallest absolute Gasteiger partial charge is 0.278 e. The Morgan fingerprint density at radius 3 is 2.61 bits per heavy atom. The van der Waals surface area contributed by atoms with Crippen molar-refractivity contribution >= 4 is 39.4 Å². The van der Waals surface area contributed by atoms with E-state index in [-0.39, 0.29) is 17.7 Å². The van der Waals surface area contributed by atoms with Crippen LogP contribution in [-0.2, 0) is 9.53 Å². The molecule has 2 aromatic carbocycles. The summed E-state index contributed by atoms with van der Waals surface area (Å²) in [6.45, 7) is 0.625. The molecular formula is C20H18N4O4. The summed E-state index contributed by atoms with van der Waals surface area (Å²) in [5.41, 5.74) is 2.23. The summed E-state index contributed by atoms with van der Waals surface area (Å²) >= 11 is 0. The van der Waals surface area contributed by atoms with E-state index in [1.165, 1.54) is 12.3 Å². The van der Waals surface area contributed by atoms with Crippen molar-refractivity contribution in [2.45, 2.75) is 18.9 Å². The van der Waals surface area contributed by atoms with Gasteiger partial charge in [0.25, 0.3) is 11.6 Å². The molecule has 8 nitrogen and oxygen atoms in total. The van der Waals surface area contributed by atoms with Gasteiger partial charge in [-0.3, -0.25) is 19.9 Å². The Hall–Kier alpha value is -3.52. The number of pyridine rings is 1. The fourth-order valence-electron chi connectivity index (χ4n) is 3.24.